The van der Waals surface area contributed by atoms with Crippen molar-refractivity contribution >= 4 is 17.7 Å². The van der Waals surface area contributed by atoms with Gasteiger partial charge in [-0.15, -0.1) is 0 Å². The molecule has 104 valence electrons. The van der Waals surface area contributed by atoms with Crippen LogP contribution in [0.2, 0.25) is 0 Å². The summed E-state index contributed by atoms with van der Waals surface area (Å²) in [6.45, 7) is 1.72. The van der Waals surface area contributed by atoms with E-state index in [0.717, 1.165) is 11.8 Å². The minimum absolute atomic E-state index is 0.146. The SMILES string of the molecule is Cc1cccc(F)c1-n1ccc(=O)nc1SCC(=O)O. The van der Waals surface area contributed by atoms with E-state index in [2.05, 4.69) is 4.98 Å². The van der Waals surface area contributed by atoms with Crippen molar-refractivity contribution in [2.45, 2.75) is 12.1 Å². The predicted molar refractivity (Wildman–Crippen MR) is 72.9 cm³/mol. The van der Waals surface area contributed by atoms with Crippen molar-refractivity contribution < 1.29 is 14.3 Å². The molecule has 7 heteroatoms. The molecule has 0 saturated carbocycles. The Labute approximate surface area is 118 Å². The van der Waals surface area contributed by atoms with Crippen LogP contribution in [-0.4, -0.2) is 26.4 Å². The minimum atomic E-state index is -1.04. The van der Waals surface area contributed by atoms with Crippen molar-refractivity contribution in [1.29, 1.82) is 0 Å². The standard InChI is InChI=1S/C13H11FN2O3S/c1-8-3-2-4-9(14)12(8)16-6-5-10(17)15-13(16)20-7-11(18)19/h2-6H,7H2,1H3,(H,18,19). The van der Waals surface area contributed by atoms with Crippen molar-refractivity contribution in [3.63, 3.8) is 0 Å². The summed E-state index contributed by atoms with van der Waals surface area (Å²) >= 11 is 0.867. The summed E-state index contributed by atoms with van der Waals surface area (Å²) in [5, 5.41) is 8.85. The summed E-state index contributed by atoms with van der Waals surface area (Å²) in [5.74, 6) is -1.76. The molecule has 0 unspecified atom stereocenters. The second-order valence-corrected chi connectivity index (χ2v) is 4.95. The van der Waals surface area contributed by atoms with Crippen LogP contribution >= 0.6 is 11.8 Å². The van der Waals surface area contributed by atoms with E-state index < -0.39 is 17.3 Å². The summed E-state index contributed by atoms with van der Waals surface area (Å²) in [6, 6.07) is 5.80. The maximum absolute atomic E-state index is 14.0. The molecule has 2 rings (SSSR count). The molecule has 0 fully saturated rings. The molecule has 1 aromatic carbocycles. The zero-order valence-electron chi connectivity index (χ0n) is 10.5. The van der Waals surface area contributed by atoms with Gasteiger partial charge in [-0.3, -0.25) is 14.2 Å². The topological polar surface area (TPSA) is 72.2 Å². The highest BCUT2D eigenvalue weighted by atomic mass is 32.2. The Hall–Kier alpha value is -2.15. The Kier molecular flexibility index (Phi) is 4.19. The second kappa shape index (κ2) is 5.87. The fourth-order valence-corrected chi connectivity index (χ4v) is 2.41. The van der Waals surface area contributed by atoms with Crippen molar-refractivity contribution in [3.05, 3.63) is 52.2 Å². The van der Waals surface area contributed by atoms with Crippen LogP contribution in [0.25, 0.3) is 5.69 Å². The molecule has 20 heavy (non-hydrogen) atoms. The van der Waals surface area contributed by atoms with E-state index in [9.17, 15) is 14.0 Å². The van der Waals surface area contributed by atoms with Gasteiger partial charge in [-0.1, -0.05) is 23.9 Å². The van der Waals surface area contributed by atoms with Gasteiger partial charge in [0.05, 0.1) is 11.4 Å². The lowest BCUT2D eigenvalue weighted by Crippen LogP contribution is -2.14. The summed E-state index contributed by atoms with van der Waals surface area (Å²) in [4.78, 5) is 25.7. The molecular weight excluding hydrogens is 283 g/mol. The number of halogens is 1. The Morgan fingerprint density at radius 3 is 2.85 bits per heavy atom. The van der Waals surface area contributed by atoms with E-state index in [1.54, 1.807) is 19.1 Å². The Morgan fingerprint density at radius 2 is 2.20 bits per heavy atom. The number of aryl methyl sites for hydroxylation is 1. The fourth-order valence-electron chi connectivity index (χ4n) is 1.71. The van der Waals surface area contributed by atoms with Crippen molar-refractivity contribution in [3.8, 4) is 5.69 Å². The molecule has 0 atom stereocenters. The van der Waals surface area contributed by atoms with Gasteiger partial charge in [0.2, 0.25) is 0 Å². The second-order valence-electron chi connectivity index (χ2n) is 4.01. The van der Waals surface area contributed by atoms with Crippen LogP contribution in [0.1, 0.15) is 5.56 Å². The number of para-hydroxylation sites is 1. The normalized spacial score (nSPS) is 10.5. The molecule has 0 bridgehead atoms. The molecule has 1 N–H and O–H groups in total. The number of carbonyl (C=O) groups is 1. The van der Waals surface area contributed by atoms with Gasteiger partial charge in [-0.25, -0.2) is 4.39 Å². The van der Waals surface area contributed by atoms with E-state index in [0.29, 0.717) is 5.56 Å². The number of hydrogen-bond acceptors (Lipinski definition) is 4. The molecule has 0 spiro atoms. The van der Waals surface area contributed by atoms with E-state index in [1.165, 1.54) is 22.9 Å². The summed E-state index contributed by atoms with van der Waals surface area (Å²) < 4.78 is 15.4. The van der Waals surface area contributed by atoms with Crippen molar-refractivity contribution in [2.24, 2.45) is 0 Å². The Bertz CT molecular complexity index is 695. The summed E-state index contributed by atoms with van der Waals surface area (Å²) in [5.41, 5.74) is 0.420. The third kappa shape index (κ3) is 3.05. The number of aliphatic carboxylic acids is 1. The summed E-state index contributed by atoms with van der Waals surface area (Å²) in [6.07, 6.45) is 1.39. The number of hydrogen-bond donors (Lipinski definition) is 1. The molecule has 0 aliphatic heterocycles. The largest absolute Gasteiger partial charge is 0.481 e. The maximum Gasteiger partial charge on any atom is 0.313 e. The van der Waals surface area contributed by atoms with Gasteiger partial charge in [-0.2, -0.15) is 4.98 Å². The molecule has 0 saturated heterocycles. The van der Waals surface area contributed by atoms with Crippen LogP contribution < -0.4 is 5.56 Å². The highest BCUT2D eigenvalue weighted by Crippen LogP contribution is 2.23. The zero-order valence-corrected chi connectivity index (χ0v) is 11.4. The van der Waals surface area contributed by atoms with Gasteiger partial charge in [0.15, 0.2) is 5.16 Å². The molecule has 0 radical (unpaired) electrons. The third-order valence-corrected chi connectivity index (χ3v) is 3.47. The first kappa shape index (κ1) is 14.3. The number of thioether (sulfide) groups is 1. The average molecular weight is 294 g/mol. The number of nitrogens with zero attached hydrogens (tertiary/aromatic N) is 2. The van der Waals surface area contributed by atoms with Crippen LogP contribution in [0.5, 0.6) is 0 Å². The average Bonchev–Trinajstić information content (AvgIpc) is 2.38. The molecule has 1 heterocycles. The number of carboxylic acids is 1. The van der Waals surface area contributed by atoms with Gasteiger partial charge in [-0.05, 0) is 18.6 Å². The fraction of sp³-hybridized carbons (Fsp3) is 0.154. The lowest BCUT2D eigenvalue weighted by molar-refractivity contribution is -0.133. The van der Waals surface area contributed by atoms with Crippen LogP contribution in [0.3, 0.4) is 0 Å². The first-order valence-corrected chi connectivity index (χ1v) is 6.67. The van der Waals surface area contributed by atoms with Gasteiger partial charge in [0.1, 0.15) is 5.82 Å². The molecular formula is C13H11FN2O3S. The Balaban J connectivity index is 2.56. The van der Waals surface area contributed by atoms with E-state index in [1.807, 2.05) is 0 Å². The van der Waals surface area contributed by atoms with Gasteiger partial charge >= 0.3 is 5.97 Å². The van der Waals surface area contributed by atoms with Crippen LogP contribution in [0, 0.1) is 12.7 Å². The molecule has 0 aliphatic carbocycles. The first-order valence-electron chi connectivity index (χ1n) is 5.69. The monoisotopic (exact) mass is 294 g/mol. The lowest BCUT2D eigenvalue weighted by Gasteiger charge is -2.14. The highest BCUT2D eigenvalue weighted by molar-refractivity contribution is 7.99. The molecule has 0 aliphatic rings. The summed E-state index contributed by atoms with van der Waals surface area (Å²) in [7, 11) is 0. The highest BCUT2D eigenvalue weighted by Gasteiger charge is 2.13. The predicted octanol–water partition coefficient (Wildman–Crippen LogP) is 1.86. The minimum Gasteiger partial charge on any atom is -0.481 e. The van der Waals surface area contributed by atoms with E-state index >= 15 is 0 Å². The molecule has 1 aromatic heterocycles. The zero-order chi connectivity index (χ0) is 14.7. The van der Waals surface area contributed by atoms with E-state index in [-0.39, 0.29) is 16.6 Å². The number of aromatic nitrogens is 2. The number of rotatable bonds is 4. The molecule has 0 amide bonds. The quantitative estimate of drug-likeness (QED) is 0.688. The smallest absolute Gasteiger partial charge is 0.313 e. The van der Waals surface area contributed by atoms with Crippen molar-refractivity contribution in [2.75, 3.05) is 5.75 Å². The van der Waals surface area contributed by atoms with Crippen LogP contribution in [0.15, 0.2) is 40.4 Å². The third-order valence-electron chi connectivity index (χ3n) is 2.53. The molecule has 5 nitrogen and oxygen atoms in total. The van der Waals surface area contributed by atoms with Gasteiger partial charge in [0.25, 0.3) is 5.56 Å². The van der Waals surface area contributed by atoms with Crippen molar-refractivity contribution in [1.82, 2.24) is 9.55 Å². The number of benzene rings is 1. The van der Waals surface area contributed by atoms with Gasteiger partial charge < -0.3 is 5.11 Å². The Morgan fingerprint density at radius 1 is 1.45 bits per heavy atom. The lowest BCUT2D eigenvalue weighted by atomic mass is 10.2. The van der Waals surface area contributed by atoms with Crippen LogP contribution in [-0.2, 0) is 4.79 Å². The van der Waals surface area contributed by atoms with E-state index in [4.69, 9.17) is 5.11 Å². The van der Waals surface area contributed by atoms with Gasteiger partial charge in [0, 0.05) is 12.3 Å². The maximum atomic E-state index is 14.0. The number of carboxylic acid groups (broad SMARTS) is 1. The molecule has 2 aromatic rings. The first-order chi connectivity index (χ1) is 9.49. The van der Waals surface area contributed by atoms with Crippen LogP contribution in [0.4, 0.5) is 4.39 Å².